The number of rotatable bonds is 0. The van der Waals surface area contributed by atoms with Crippen LogP contribution < -0.4 is 5.56 Å². The maximum absolute atomic E-state index is 12.7. The number of nitriles is 2. The Morgan fingerprint density at radius 1 is 1.09 bits per heavy atom. The van der Waals surface area contributed by atoms with Crippen molar-refractivity contribution in [1.29, 1.82) is 10.5 Å². The van der Waals surface area contributed by atoms with Gasteiger partial charge in [-0.1, -0.05) is 23.5 Å². The monoisotopic (exact) mass is 302 g/mol. The first kappa shape index (κ1) is 12.5. The molecular formula is C16H6N4OS. The third kappa shape index (κ3) is 1.56. The first-order valence-electron chi connectivity index (χ1n) is 6.41. The molecule has 22 heavy (non-hydrogen) atoms. The van der Waals surface area contributed by atoms with Crippen LogP contribution in [0.3, 0.4) is 0 Å². The third-order valence-electron chi connectivity index (χ3n) is 3.53. The Balaban J connectivity index is 2.29. The fourth-order valence-electron chi connectivity index (χ4n) is 2.50. The standard InChI is InChI=1S/C16H6N4OS/c17-7-9-5-13-14(6-10(9)8-18)22-16-19-12-4-2-1-3-11(12)15(21)20(13)16/h1-6H. The molecule has 2 heterocycles. The van der Waals surface area contributed by atoms with Crippen molar-refractivity contribution in [3.05, 3.63) is 57.9 Å². The summed E-state index contributed by atoms with van der Waals surface area (Å²) in [7, 11) is 0. The van der Waals surface area contributed by atoms with Gasteiger partial charge in [0.2, 0.25) is 0 Å². The zero-order chi connectivity index (χ0) is 15.3. The van der Waals surface area contributed by atoms with Gasteiger partial charge in [-0.25, -0.2) is 4.98 Å². The van der Waals surface area contributed by atoms with E-state index in [-0.39, 0.29) is 11.1 Å². The van der Waals surface area contributed by atoms with Crippen LogP contribution in [0.1, 0.15) is 11.1 Å². The Labute approximate surface area is 127 Å². The van der Waals surface area contributed by atoms with Crippen molar-refractivity contribution in [2.75, 3.05) is 0 Å². The number of hydrogen-bond donors (Lipinski definition) is 0. The van der Waals surface area contributed by atoms with Crippen LogP contribution in [0.5, 0.6) is 0 Å². The van der Waals surface area contributed by atoms with Crippen LogP contribution in [0, 0.1) is 22.7 Å². The predicted molar refractivity (Wildman–Crippen MR) is 83.8 cm³/mol. The lowest BCUT2D eigenvalue weighted by molar-refractivity contribution is 1.16. The molecule has 0 spiro atoms. The van der Waals surface area contributed by atoms with Gasteiger partial charge in [0.15, 0.2) is 4.96 Å². The molecule has 0 N–H and O–H groups in total. The van der Waals surface area contributed by atoms with Crippen molar-refractivity contribution in [1.82, 2.24) is 9.38 Å². The highest BCUT2D eigenvalue weighted by Gasteiger charge is 2.14. The zero-order valence-electron chi connectivity index (χ0n) is 11.1. The molecule has 2 aromatic carbocycles. The number of benzene rings is 2. The number of thiazole rings is 1. The van der Waals surface area contributed by atoms with Gasteiger partial charge in [0.1, 0.15) is 12.1 Å². The lowest BCUT2D eigenvalue weighted by Crippen LogP contribution is -2.13. The first-order chi connectivity index (χ1) is 10.7. The normalized spacial score (nSPS) is 10.8. The lowest BCUT2D eigenvalue weighted by atomic mass is 10.1. The van der Waals surface area contributed by atoms with E-state index in [1.807, 2.05) is 18.2 Å². The summed E-state index contributed by atoms with van der Waals surface area (Å²) in [5.41, 5.74) is 1.65. The second-order valence-corrected chi connectivity index (χ2v) is 5.75. The molecule has 0 aliphatic carbocycles. The Hall–Kier alpha value is -3.22. The van der Waals surface area contributed by atoms with Crippen LogP contribution in [0.25, 0.3) is 26.1 Å². The molecule has 102 valence electrons. The minimum atomic E-state index is -0.166. The molecule has 0 unspecified atom stereocenters. The van der Waals surface area contributed by atoms with E-state index in [1.54, 1.807) is 30.3 Å². The van der Waals surface area contributed by atoms with Gasteiger partial charge >= 0.3 is 0 Å². The van der Waals surface area contributed by atoms with Gasteiger partial charge in [-0.05, 0) is 24.3 Å². The summed E-state index contributed by atoms with van der Waals surface area (Å²) in [5.74, 6) is 0. The van der Waals surface area contributed by atoms with Gasteiger partial charge in [-0.2, -0.15) is 10.5 Å². The zero-order valence-corrected chi connectivity index (χ0v) is 11.9. The summed E-state index contributed by atoms with van der Waals surface area (Å²) in [6.45, 7) is 0. The molecule has 2 aromatic heterocycles. The van der Waals surface area contributed by atoms with Crippen LogP contribution in [-0.2, 0) is 0 Å². The average molecular weight is 302 g/mol. The molecule has 0 fully saturated rings. The summed E-state index contributed by atoms with van der Waals surface area (Å²) in [6, 6.07) is 14.4. The van der Waals surface area contributed by atoms with Crippen molar-refractivity contribution in [2.24, 2.45) is 0 Å². The molecule has 0 atom stereocenters. The van der Waals surface area contributed by atoms with Crippen LogP contribution in [0.2, 0.25) is 0 Å². The van der Waals surface area contributed by atoms with E-state index in [2.05, 4.69) is 4.98 Å². The highest BCUT2D eigenvalue weighted by Crippen LogP contribution is 2.27. The van der Waals surface area contributed by atoms with Crippen molar-refractivity contribution >= 4 is 37.4 Å². The number of fused-ring (bicyclic) bond motifs is 4. The highest BCUT2D eigenvalue weighted by atomic mass is 32.1. The van der Waals surface area contributed by atoms with E-state index in [0.717, 1.165) is 4.70 Å². The molecule has 0 radical (unpaired) electrons. The topological polar surface area (TPSA) is 81.9 Å². The van der Waals surface area contributed by atoms with E-state index in [4.69, 9.17) is 10.5 Å². The van der Waals surface area contributed by atoms with Crippen LogP contribution in [-0.4, -0.2) is 9.38 Å². The van der Waals surface area contributed by atoms with E-state index in [0.29, 0.717) is 26.9 Å². The van der Waals surface area contributed by atoms with Crippen LogP contribution in [0.15, 0.2) is 41.2 Å². The molecule has 4 aromatic rings. The Bertz CT molecular complexity index is 1220. The summed E-state index contributed by atoms with van der Waals surface area (Å²) >= 11 is 1.33. The molecular weight excluding hydrogens is 296 g/mol. The number of para-hydroxylation sites is 1. The molecule has 6 heteroatoms. The molecule has 0 amide bonds. The summed E-state index contributed by atoms with van der Waals surface area (Å²) in [4.78, 5) is 17.8. The minimum absolute atomic E-state index is 0.166. The Morgan fingerprint density at radius 3 is 2.59 bits per heavy atom. The first-order valence-corrected chi connectivity index (χ1v) is 7.23. The van der Waals surface area contributed by atoms with Crippen molar-refractivity contribution in [3.8, 4) is 12.1 Å². The lowest BCUT2D eigenvalue weighted by Gasteiger charge is -1.99. The fourth-order valence-corrected chi connectivity index (χ4v) is 3.55. The third-order valence-corrected chi connectivity index (χ3v) is 4.53. The van der Waals surface area contributed by atoms with Gasteiger partial charge in [-0.3, -0.25) is 9.20 Å². The van der Waals surface area contributed by atoms with Crippen LogP contribution in [0.4, 0.5) is 0 Å². The molecule has 0 aliphatic rings. The highest BCUT2D eigenvalue weighted by molar-refractivity contribution is 7.23. The summed E-state index contributed by atoms with van der Waals surface area (Å²) in [5, 5.41) is 18.8. The number of hydrogen-bond acceptors (Lipinski definition) is 5. The largest absolute Gasteiger partial charge is 0.268 e. The molecule has 5 nitrogen and oxygen atoms in total. The number of nitrogens with zero attached hydrogens (tertiary/aromatic N) is 4. The fraction of sp³-hybridized carbons (Fsp3) is 0. The average Bonchev–Trinajstić information content (AvgIpc) is 2.90. The molecule has 4 rings (SSSR count). The van der Waals surface area contributed by atoms with Crippen molar-refractivity contribution in [3.63, 3.8) is 0 Å². The summed E-state index contributed by atoms with van der Waals surface area (Å²) < 4.78 is 2.26. The van der Waals surface area contributed by atoms with Gasteiger partial charge in [0, 0.05) is 0 Å². The smallest absolute Gasteiger partial charge is 0.266 e. The van der Waals surface area contributed by atoms with E-state index in [1.165, 1.54) is 15.7 Å². The van der Waals surface area contributed by atoms with Gasteiger partial charge in [-0.15, -0.1) is 0 Å². The van der Waals surface area contributed by atoms with Gasteiger partial charge < -0.3 is 0 Å². The second-order valence-electron chi connectivity index (χ2n) is 4.74. The summed E-state index contributed by atoms with van der Waals surface area (Å²) in [6.07, 6.45) is 0. The SMILES string of the molecule is N#Cc1cc2sc3nc4ccccc4c(=O)n3c2cc1C#N. The maximum Gasteiger partial charge on any atom is 0.266 e. The maximum atomic E-state index is 12.7. The minimum Gasteiger partial charge on any atom is -0.268 e. The Morgan fingerprint density at radius 2 is 1.82 bits per heavy atom. The predicted octanol–water partition coefficient (Wildman–Crippen LogP) is 2.81. The molecule has 0 saturated carbocycles. The van der Waals surface area contributed by atoms with E-state index < -0.39 is 0 Å². The van der Waals surface area contributed by atoms with E-state index >= 15 is 0 Å². The molecule has 0 bridgehead atoms. The quantitative estimate of drug-likeness (QED) is 0.500. The second kappa shape index (κ2) is 4.39. The molecule has 0 saturated heterocycles. The van der Waals surface area contributed by atoms with Gasteiger partial charge in [0.05, 0.1) is 32.2 Å². The van der Waals surface area contributed by atoms with Crippen LogP contribution >= 0.6 is 11.3 Å². The van der Waals surface area contributed by atoms with Gasteiger partial charge in [0.25, 0.3) is 5.56 Å². The molecule has 0 aliphatic heterocycles. The Kier molecular flexibility index (Phi) is 2.50. The van der Waals surface area contributed by atoms with Crippen molar-refractivity contribution < 1.29 is 0 Å². The number of aromatic nitrogens is 2. The van der Waals surface area contributed by atoms with Crippen molar-refractivity contribution in [2.45, 2.75) is 0 Å². The van der Waals surface area contributed by atoms with E-state index in [9.17, 15) is 4.79 Å².